The van der Waals surface area contributed by atoms with Crippen LogP contribution in [0.5, 0.6) is 0 Å². The molecule has 0 bridgehead atoms. The first-order valence-corrected chi connectivity index (χ1v) is 6.80. The van der Waals surface area contributed by atoms with E-state index in [4.69, 9.17) is 0 Å². The minimum atomic E-state index is -0.101. The average Bonchev–Trinajstić information content (AvgIpc) is 2.95. The number of nitrogens with zero attached hydrogens (tertiary/aromatic N) is 1. The van der Waals surface area contributed by atoms with Gasteiger partial charge < -0.3 is 15.2 Å². The van der Waals surface area contributed by atoms with Crippen molar-refractivity contribution in [3.63, 3.8) is 0 Å². The minimum absolute atomic E-state index is 0.101. The molecule has 0 atom stereocenters. The average molecular weight is 279 g/mol. The van der Waals surface area contributed by atoms with E-state index in [9.17, 15) is 4.79 Å². The van der Waals surface area contributed by atoms with E-state index >= 15 is 0 Å². The lowest BCUT2D eigenvalue weighted by molar-refractivity contribution is 0.102. The van der Waals surface area contributed by atoms with Gasteiger partial charge in [0.05, 0.1) is 0 Å². The van der Waals surface area contributed by atoms with E-state index in [1.54, 1.807) is 0 Å². The number of nitrogens with one attached hydrogen (secondary N) is 2. The first-order valence-electron chi connectivity index (χ1n) is 6.80. The van der Waals surface area contributed by atoms with Crippen molar-refractivity contribution in [3.8, 4) is 0 Å². The summed E-state index contributed by atoms with van der Waals surface area (Å²) in [5.74, 6) is -0.101. The summed E-state index contributed by atoms with van der Waals surface area (Å²) in [6.45, 7) is 0. The van der Waals surface area contributed by atoms with Gasteiger partial charge in [0.1, 0.15) is 0 Å². The normalized spacial score (nSPS) is 10.6. The van der Waals surface area contributed by atoms with E-state index in [0.29, 0.717) is 5.56 Å². The largest absolute Gasteiger partial charge is 0.378 e. The van der Waals surface area contributed by atoms with Crippen molar-refractivity contribution in [2.75, 3.05) is 24.3 Å². The number of amides is 1. The lowest BCUT2D eigenvalue weighted by atomic mass is 10.1. The van der Waals surface area contributed by atoms with E-state index in [-0.39, 0.29) is 5.91 Å². The Morgan fingerprint density at radius 2 is 1.90 bits per heavy atom. The van der Waals surface area contributed by atoms with E-state index in [1.165, 1.54) is 0 Å². The van der Waals surface area contributed by atoms with Crippen molar-refractivity contribution in [1.29, 1.82) is 0 Å². The van der Waals surface area contributed by atoms with Gasteiger partial charge in [-0.15, -0.1) is 0 Å². The van der Waals surface area contributed by atoms with Crippen LogP contribution < -0.4 is 10.2 Å². The Hall–Kier alpha value is -2.75. The Morgan fingerprint density at radius 3 is 2.71 bits per heavy atom. The van der Waals surface area contributed by atoms with Gasteiger partial charge in [0.2, 0.25) is 0 Å². The van der Waals surface area contributed by atoms with Crippen molar-refractivity contribution in [1.82, 2.24) is 4.98 Å². The molecule has 1 amide bonds. The van der Waals surface area contributed by atoms with Gasteiger partial charge in [0.25, 0.3) is 5.91 Å². The van der Waals surface area contributed by atoms with Crippen LogP contribution in [0.2, 0.25) is 0 Å². The summed E-state index contributed by atoms with van der Waals surface area (Å²) in [5, 5.41) is 3.89. The molecule has 106 valence electrons. The van der Waals surface area contributed by atoms with Crippen LogP contribution in [0.15, 0.2) is 54.7 Å². The lowest BCUT2D eigenvalue weighted by Crippen LogP contribution is -2.13. The second-order valence-corrected chi connectivity index (χ2v) is 5.14. The smallest absolute Gasteiger partial charge is 0.256 e. The third-order valence-electron chi connectivity index (χ3n) is 3.46. The molecule has 0 unspecified atom stereocenters. The number of fused-ring (bicyclic) bond motifs is 1. The fourth-order valence-corrected chi connectivity index (χ4v) is 2.34. The van der Waals surface area contributed by atoms with Crippen LogP contribution in [-0.4, -0.2) is 25.0 Å². The molecule has 0 saturated carbocycles. The zero-order valence-electron chi connectivity index (χ0n) is 12.1. The Kier molecular flexibility index (Phi) is 3.36. The fourth-order valence-electron chi connectivity index (χ4n) is 2.34. The molecule has 1 aromatic heterocycles. The van der Waals surface area contributed by atoms with Gasteiger partial charge in [0.15, 0.2) is 0 Å². The number of rotatable bonds is 3. The first-order chi connectivity index (χ1) is 10.1. The predicted molar refractivity (Wildman–Crippen MR) is 87.0 cm³/mol. The van der Waals surface area contributed by atoms with Gasteiger partial charge in [-0.3, -0.25) is 4.79 Å². The molecule has 0 fully saturated rings. The molecule has 0 aliphatic carbocycles. The van der Waals surface area contributed by atoms with Gasteiger partial charge in [0, 0.05) is 48.1 Å². The minimum Gasteiger partial charge on any atom is -0.378 e. The fraction of sp³-hybridized carbons (Fsp3) is 0.118. The third-order valence-corrected chi connectivity index (χ3v) is 3.46. The Labute approximate surface area is 123 Å². The van der Waals surface area contributed by atoms with Crippen molar-refractivity contribution < 1.29 is 4.79 Å². The predicted octanol–water partition coefficient (Wildman–Crippen LogP) is 3.49. The summed E-state index contributed by atoms with van der Waals surface area (Å²) in [4.78, 5) is 17.6. The van der Waals surface area contributed by atoms with Crippen LogP contribution in [0.1, 0.15) is 10.4 Å². The molecule has 0 radical (unpaired) electrons. The highest BCUT2D eigenvalue weighted by atomic mass is 16.1. The number of anilines is 2. The van der Waals surface area contributed by atoms with Crippen molar-refractivity contribution >= 4 is 28.2 Å². The molecule has 0 aliphatic rings. The van der Waals surface area contributed by atoms with Gasteiger partial charge in [-0.1, -0.05) is 12.1 Å². The summed E-state index contributed by atoms with van der Waals surface area (Å²) < 4.78 is 0. The molecule has 4 nitrogen and oxygen atoms in total. The second kappa shape index (κ2) is 5.32. The van der Waals surface area contributed by atoms with Crippen LogP contribution in [0.25, 0.3) is 10.9 Å². The Balaban J connectivity index is 1.90. The van der Waals surface area contributed by atoms with Gasteiger partial charge in [-0.05, 0) is 36.4 Å². The zero-order valence-corrected chi connectivity index (χ0v) is 12.1. The van der Waals surface area contributed by atoms with E-state index in [1.807, 2.05) is 73.7 Å². The number of hydrogen-bond donors (Lipinski definition) is 2. The SMILES string of the molecule is CN(C)c1cccc(NC(=O)c2cccc3[nH]ccc23)c1. The van der Waals surface area contributed by atoms with Crippen LogP contribution >= 0.6 is 0 Å². The molecular formula is C17H17N3O. The van der Waals surface area contributed by atoms with Crippen LogP contribution in [0.3, 0.4) is 0 Å². The standard InChI is InChI=1S/C17H17N3O/c1-20(2)13-6-3-5-12(11-13)19-17(21)15-7-4-8-16-14(15)9-10-18-16/h3-11,18H,1-2H3,(H,19,21). The number of H-pyrrole nitrogens is 1. The van der Waals surface area contributed by atoms with Crippen LogP contribution in [-0.2, 0) is 0 Å². The summed E-state index contributed by atoms with van der Waals surface area (Å²) in [6.07, 6.45) is 1.84. The van der Waals surface area contributed by atoms with E-state index < -0.39 is 0 Å². The molecule has 4 heteroatoms. The topological polar surface area (TPSA) is 48.1 Å². The molecule has 0 aliphatic heterocycles. The molecule has 0 spiro atoms. The number of aromatic nitrogens is 1. The summed E-state index contributed by atoms with van der Waals surface area (Å²) in [6, 6.07) is 15.4. The van der Waals surface area contributed by atoms with E-state index in [2.05, 4.69) is 10.3 Å². The van der Waals surface area contributed by atoms with Crippen LogP contribution in [0, 0.1) is 0 Å². The third kappa shape index (κ3) is 2.60. The highest BCUT2D eigenvalue weighted by Gasteiger charge is 2.11. The Morgan fingerprint density at radius 1 is 1.10 bits per heavy atom. The van der Waals surface area contributed by atoms with Gasteiger partial charge in [-0.25, -0.2) is 0 Å². The number of benzene rings is 2. The van der Waals surface area contributed by atoms with Gasteiger partial charge >= 0.3 is 0 Å². The number of carbonyl (C=O) groups is 1. The molecule has 1 heterocycles. The van der Waals surface area contributed by atoms with Crippen molar-refractivity contribution in [3.05, 3.63) is 60.3 Å². The number of carbonyl (C=O) groups excluding carboxylic acids is 1. The van der Waals surface area contributed by atoms with Crippen molar-refractivity contribution in [2.45, 2.75) is 0 Å². The van der Waals surface area contributed by atoms with E-state index in [0.717, 1.165) is 22.3 Å². The van der Waals surface area contributed by atoms with Crippen molar-refractivity contribution in [2.24, 2.45) is 0 Å². The highest BCUT2D eigenvalue weighted by molar-refractivity contribution is 6.12. The zero-order chi connectivity index (χ0) is 14.8. The maximum Gasteiger partial charge on any atom is 0.256 e. The monoisotopic (exact) mass is 279 g/mol. The molecule has 3 aromatic rings. The second-order valence-electron chi connectivity index (χ2n) is 5.14. The molecule has 0 saturated heterocycles. The summed E-state index contributed by atoms with van der Waals surface area (Å²) in [7, 11) is 3.95. The highest BCUT2D eigenvalue weighted by Crippen LogP contribution is 2.21. The molecule has 21 heavy (non-hydrogen) atoms. The Bertz CT molecular complexity index is 789. The van der Waals surface area contributed by atoms with Crippen LogP contribution in [0.4, 0.5) is 11.4 Å². The first kappa shape index (κ1) is 13.2. The molecule has 2 aromatic carbocycles. The number of hydrogen-bond acceptors (Lipinski definition) is 2. The quantitative estimate of drug-likeness (QED) is 0.771. The summed E-state index contributed by atoms with van der Waals surface area (Å²) in [5.41, 5.74) is 3.47. The van der Waals surface area contributed by atoms with Gasteiger partial charge in [-0.2, -0.15) is 0 Å². The lowest BCUT2D eigenvalue weighted by Gasteiger charge is -2.14. The molecule has 2 N–H and O–H groups in total. The molecule has 3 rings (SSSR count). The maximum atomic E-state index is 12.5. The molecular weight excluding hydrogens is 262 g/mol. The maximum absolute atomic E-state index is 12.5. The number of aromatic amines is 1. The summed E-state index contributed by atoms with van der Waals surface area (Å²) >= 11 is 0.